The van der Waals surface area contributed by atoms with E-state index in [1.807, 2.05) is 54.7 Å². The summed E-state index contributed by atoms with van der Waals surface area (Å²) < 4.78 is 2.08. The Balaban J connectivity index is 1.57. The van der Waals surface area contributed by atoms with Gasteiger partial charge in [-0.2, -0.15) is 5.10 Å². The van der Waals surface area contributed by atoms with Gasteiger partial charge in [0.05, 0.1) is 11.9 Å². The number of aromatic nitrogens is 1. The van der Waals surface area contributed by atoms with Gasteiger partial charge in [-0.25, -0.2) is 0 Å². The minimum absolute atomic E-state index is 0.442. The number of rotatable bonds is 6. The summed E-state index contributed by atoms with van der Waals surface area (Å²) in [5.74, 6) is 0.505. The van der Waals surface area contributed by atoms with Crippen molar-refractivity contribution >= 4 is 40.8 Å². The Kier molecular flexibility index (Phi) is 6.85. The van der Waals surface area contributed by atoms with Crippen molar-refractivity contribution in [3.8, 4) is 0 Å². The third-order valence-electron chi connectivity index (χ3n) is 4.36. The lowest BCUT2D eigenvalue weighted by Gasteiger charge is -2.10. The number of anilines is 1. The summed E-state index contributed by atoms with van der Waals surface area (Å²) in [6.07, 6.45) is 3.74. The van der Waals surface area contributed by atoms with Gasteiger partial charge in [-0.15, -0.1) is 0 Å². The fraction of sp³-hybridized carbons (Fsp3) is 0.182. The van der Waals surface area contributed by atoms with Crippen molar-refractivity contribution < 1.29 is 0 Å². The van der Waals surface area contributed by atoms with Gasteiger partial charge in [-0.3, -0.25) is 5.43 Å². The van der Waals surface area contributed by atoms with Crippen LogP contribution in [0.4, 0.5) is 5.69 Å². The molecule has 0 aliphatic rings. The second-order valence-corrected chi connectivity index (χ2v) is 7.57. The number of hydrogen-bond acceptors (Lipinski definition) is 2. The zero-order valence-corrected chi connectivity index (χ0v) is 17.5. The van der Waals surface area contributed by atoms with E-state index in [0.717, 1.165) is 22.0 Å². The SMILES string of the molecule is CC(C)c1ccc(NC(=S)N/N=C\c2cccn2Cc2ccccc2Cl)cc1. The van der Waals surface area contributed by atoms with Crippen molar-refractivity contribution in [1.82, 2.24) is 9.99 Å². The van der Waals surface area contributed by atoms with Gasteiger partial charge >= 0.3 is 0 Å². The second kappa shape index (κ2) is 9.53. The topological polar surface area (TPSA) is 41.4 Å². The van der Waals surface area contributed by atoms with Crippen molar-refractivity contribution in [2.45, 2.75) is 26.3 Å². The van der Waals surface area contributed by atoms with E-state index in [-0.39, 0.29) is 0 Å². The highest BCUT2D eigenvalue weighted by atomic mass is 35.5. The van der Waals surface area contributed by atoms with Crippen LogP contribution >= 0.6 is 23.8 Å². The average Bonchev–Trinajstić information content (AvgIpc) is 3.11. The highest BCUT2D eigenvalue weighted by Gasteiger charge is 2.04. The number of hydrazone groups is 1. The molecule has 144 valence electrons. The van der Waals surface area contributed by atoms with Gasteiger partial charge < -0.3 is 9.88 Å². The van der Waals surface area contributed by atoms with E-state index in [2.05, 4.69) is 46.4 Å². The van der Waals surface area contributed by atoms with Crippen molar-refractivity contribution in [2.24, 2.45) is 5.10 Å². The fourth-order valence-electron chi connectivity index (χ4n) is 2.77. The summed E-state index contributed by atoms with van der Waals surface area (Å²) in [4.78, 5) is 0. The van der Waals surface area contributed by atoms with Crippen molar-refractivity contribution in [3.63, 3.8) is 0 Å². The Bertz CT molecular complexity index is 961. The Morgan fingerprint density at radius 3 is 2.57 bits per heavy atom. The van der Waals surface area contributed by atoms with Crippen molar-refractivity contribution in [2.75, 3.05) is 5.32 Å². The van der Waals surface area contributed by atoms with Crippen LogP contribution in [0.25, 0.3) is 0 Å². The summed E-state index contributed by atoms with van der Waals surface area (Å²) in [7, 11) is 0. The maximum Gasteiger partial charge on any atom is 0.191 e. The van der Waals surface area contributed by atoms with E-state index < -0.39 is 0 Å². The van der Waals surface area contributed by atoms with E-state index in [1.165, 1.54) is 5.56 Å². The molecule has 0 fully saturated rings. The van der Waals surface area contributed by atoms with E-state index >= 15 is 0 Å². The van der Waals surface area contributed by atoms with Crippen molar-refractivity contribution in [3.05, 3.63) is 88.7 Å². The molecule has 0 atom stereocenters. The first kappa shape index (κ1) is 20.1. The fourth-order valence-corrected chi connectivity index (χ4v) is 3.13. The number of halogens is 1. The van der Waals surface area contributed by atoms with Gasteiger partial charge in [-0.05, 0) is 59.6 Å². The normalized spacial score (nSPS) is 11.1. The van der Waals surface area contributed by atoms with Crippen LogP contribution in [0, 0.1) is 0 Å². The summed E-state index contributed by atoms with van der Waals surface area (Å²) >= 11 is 11.6. The number of thiocarbonyl (C=S) groups is 1. The quantitative estimate of drug-likeness (QED) is 0.314. The Morgan fingerprint density at radius 2 is 1.86 bits per heavy atom. The van der Waals surface area contributed by atoms with Crippen LogP contribution in [0.5, 0.6) is 0 Å². The molecule has 0 saturated heterocycles. The van der Waals surface area contributed by atoms with Crippen LogP contribution in [0.3, 0.4) is 0 Å². The summed E-state index contributed by atoms with van der Waals surface area (Å²) in [5.41, 5.74) is 7.10. The maximum absolute atomic E-state index is 6.26. The van der Waals surface area contributed by atoms with Gasteiger partial charge in [0.25, 0.3) is 0 Å². The minimum Gasteiger partial charge on any atom is -0.342 e. The molecular formula is C22H23ClN4S. The molecule has 3 aromatic rings. The molecule has 6 heteroatoms. The molecule has 2 N–H and O–H groups in total. The predicted molar refractivity (Wildman–Crippen MR) is 122 cm³/mol. The smallest absolute Gasteiger partial charge is 0.191 e. The monoisotopic (exact) mass is 410 g/mol. The second-order valence-electron chi connectivity index (χ2n) is 6.75. The number of nitrogens with one attached hydrogen (secondary N) is 2. The highest BCUT2D eigenvalue weighted by molar-refractivity contribution is 7.80. The van der Waals surface area contributed by atoms with Gasteiger partial charge in [-0.1, -0.05) is 55.8 Å². The van der Waals surface area contributed by atoms with E-state index in [0.29, 0.717) is 17.6 Å². The molecule has 28 heavy (non-hydrogen) atoms. The van der Waals surface area contributed by atoms with Gasteiger partial charge in [0, 0.05) is 23.5 Å². The van der Waals surface area contributed by atoms with E-state index in [9.17, 15) is 0 Å². The third kappa shape index (κ3) is 5.44. The summed E-state index contributed by atoms with van der Waals surface area (Å²) in [6, 6.07) is 20.0. The lowest BCUT2D eigenvalue weighted by molar-refractivity contribution is 0.799. The highest BCUT2D eigenvalue weighted by Crippen LogP contribution is 2.18. The molecule has 0 aliphatic heterocycles. The lowest BCUT2D eigenvalue weighted by atomic mass is 10.0. The lowest BCUT2D eigenvalue weighted by Crippen LogP contribution is -2.24. The Morgan fingerprint density at radius 1 is 1.11 bits per heavy atom. The third-order valence-corrected chi connectivity index (χ3v) is 4.92. The molecule has 3 rings (SSSR count). The first-order valence-corrected chi connectivity index (χ1v) is 9.90. The molecule has 4 nitrogen and oxygen atoms in total. The Hall–Kier alpha value is -2.63. The maximum atomic E-state index is 6.26. The summed E-state index contributed by atoms with van der Waals surface area (Å²) in [6.45, 7) is 5.02. The van der Waals surface area contributed by atoms with Crippen LogP contribution in [-0.4, -0.2) is 15.9 Å². The molecular weight excluding hydrogens is 388 g/mol. The molecule has 0 unspecified atom stereocenters. The van der Waals surface area contributed by atoms with E-state index in [4.69, 9.17) is 23.8 Å². The first-order chi connectivity index (χ1) is 13.5. The van der Waals surface area contributed by atoms with Crippen LogP contribution in [-0.2, 0) is 6.54 Å². The molecule has 0 aliphatic carbocycles. The molecule has 0 spiro atoms. The van der Waals surface area contributed by atoms with Crippen molar-refractivity contribution in [1.29, 1.82) is 0 Å². The predicted octanol–water partition coefficient (Wildman–Crippen LogP) is 5.63. The van der Waals surface area contributed by atoms with Gasteiger partial charge in [0.2, 0.25) is 0 Å². The average molecular weight is 411 g/mol. The molecule has 0 bridgehead atoms. The number of hydrogen-bond donors (Lipinski definition) is 2. The van der Waals surface area contributed by atoms with Gasteiger partial charge in [0.1, 0.15) is 0 Å². The molecule has 1 aromatic heterocycles. The van der Waals surface area contributed by atoms with Crippen LogP contribution in [0.15, 0.2) is 72.0 Å². The standard InChI is InChI=1S/C22H23ClN4S/c1-16(2)17-9-11-19(12-10-17)25-22(28)26-24-14-20-7-5-13-27(20)15-18-6-3-4-8-21(18)23/h3-14,16H,15H2,1-2H3,(H2,25,26,28)/b24-14-. The van der Waals surface area contributed by atoms with Gasteiger partial charge in [0.15, 0.2) is 5.11 Å². The first-order valence-electron chi connectivity index (χ1n) is 9.11. The Labute approximate surface area is 176 Å². The zero-order chi connectivity index (χ0) is 19.9. The molecule has 1 heterocycles. The van der Waals surface area contributed by atoms with E-state index in [1.54, 1.807) is 6.21 Å². The molecule has 2 aromatic carbocycles. The zero-order valence-electron chi connectivity index (χ0n) is 15.9. The molecule has 0 amide bonds. The molecule has 0 radical (unpaired) electrons. The number of nitrogens with zero attached hydrogens (tertiary/aromatic N) is 2. The minimum atomic E-state index is 0.442. The van der Waals surface area contributed by atoms with Crippen LogP contribution < -0.4 is 10.7 Å². The van der Waals surface area contributed by atoms with Crippen LogP contribution in [0.1, 0.15) is 36.6 Å². The van der Waals surface area contributed by atoms with Crippen LogP contribution in [0.2, 0.25) is 5.02 Å². The largest absolute Gasteiger partial charge is 0.342 e. The molecule has 0 saturated carbocycles. The summed E-state index contributed by atoms with van der Waals surface area (Å²) in [5, 5.41) is 8.58. The number of benzene rings is 2.